The summed E-state index contributed by atoms with van der Waals surface area (Å²) in [5.74, 6) is -0.122. The van der Waals surface area contributed by atoms with Crippen molar-refractivity contribution in [2.24, 2.45) is 0 Å². The Hall–Kier alpha value is -2.30. The fraction of sp³-hybridized carbons (Fsp3) is 0.375. The predicted molar refractivity (Wildman–Crippen MR) is 83.4 cm³/mol. The second-order valence-corrected chi connectivity index (χ2v) is 5.51. The zero-order valence-electron chi connectivity index (χ0n) is 12.4. The number of nitrogen functional groups attached to an aromatic ring is 1. The van der Waals surface area contributed by atoms with Crippen molar-refractivity contribution in [3.05, 3.63) is 41.2 Å². The molecular weight excluding hydrogens is 264 g/mol. The number of hydrogen-bond acceptors (Lipinski definition) is 3. The number of aromatic amines is 1. The number of hydrogen-bond donors (Lipinski definition) is 2. The minimum Gasteiger partial charge on any atom is -0.395 e. The molecular formula is C16H20N4O. The van der Waals surface area contributed by atoms with Crippen LogP contribution in [0.15, 0.2) is 24.3 Å². The first-order valence-electron chi connectivity index (χ1n) is 7.37. The highest BCUT2D eigenvalue weighted by atomic mass is 16.2. The van der Waals surface area contributed by atoms with Crippen molar-refractivity contribution >= 4 is 17.3 Å². The van der Waals surface area contributed by atoms with Crippen LogP contribution in [0, 0.1) is 0 Å². The van der Waals surface area contributed by atoms with Gasteiger partial charge >= 0.3 is 0 Å². The number of aromatic nitrogens is 2. The second-order valence-electron chi connectivity index (χ2n) is 5.51. The van der Waals surface area contributed by atoms with Crippen molar-refractivity contribution in [1.82, 2.24) is 10.2 Å². The molecule has 1 amide bonds. The number of carbonyl (C=O) groups is 1. The van der Waals surface area contributed by atoms with Gasteiger partial charge in [0.1, 0.15) is 0 Å². The van der Waals surface area contributed by atoms with Crippen LogP contribution in [0.25, 0.3) is 0 Å². The molecule has 0 bridgehead atoms. The van der Waals surface area contributed by atoms with E-state index in [2.05, 4.69) is 23.2 Å². The molecule has 21 heavy (non-hydrogen) atoms. The van der Waals surface area contributed by atoms with E-state index in [4.69, 9.17) is 5.73 Å². The summed E-state index contributed by atoms with van der Waals surface area (Å²) in [6.07, 6.45) is 2.68. The average molecular weight is 284 g/mol. The van der Waals surface area contributed by atoms with Crippen LogP contribution in [-0.2, 0) is 12.8 Å². The Labute approximate surface area is 124 Å². The van der Waals surface area contributed by atoms with Gasteiger partial charge in [-0.3, -0.25) is 9.89 Å². The predicted octanol–water partition coefficient (Wildman–Crippen LogP) is 2.54. The maximum atomic E-state index is 12.9. The lowest BCUT2D eigenvalue weighted by atomic mass is 9.96. The van der Waals surface area contributed by atoms with Crippen molar-refractivity contribution in [1.29, 1.82) is 0 Å². The number of para-hydroxylation sites is 1. The lowest BCUT2D eigenvalue weighted by Gasteiger charge is -2.34. The van der Waals surface area contributed by atoms with Crippen LogP contribution in [0.1, 0.15) is 42.0 Å². The summed E-state index contributed by atoms with van der Waals surface area (Å²) < 4.78 is 0. The SMILES string of the molecule is CCc1[nH]nc(C(=O)N2c3ccccc3CCC2C)c1N. The molecule has 110 valence electrons. The van der Waals surface area contributed by atoms with E-state index in [1.807, 2.05) is 30.0 Å². The Bertz CT molecular complexity index is 677. The molecule has 0 spiro atoms. The normalized spacial score (nSPS) is 17.6. The third kappa shape index (κ3) is 2.18. The van der Waals surface area contributed by atoms with Crippen molar-refractivity contribution in [3.8, 4) is 0 Å². The van der Waals surface area contributed by atoms with E-state index in [-0.39, 0.29) is 11.9 Å². The Morgan fingerprint density at radius 1 is 1.48 bits per heavy atom. The Morgan fingerprint density at radius 2 is 2.24 bits per heavy atom. The van der Waals surface area contributed by atoms with E-state index in [1.165, 1.54) is 5.56 Å². The number of nitrogens with zero attached hydrogens (tertiary/aromatic N) is 2. The fourth-order valence-electron chi connectivity index (χ4n) is 2.93. The van der Waals surface area contributed by atoms with Crippen molar-refractivity contribution in [2.75, 3.05) is 10.6 Å². The van der Waals surface area contributed by atoms with Crippen molar-refractivity contribution in [3.63, 3.8) is 0 Å². The topological polar surface area (TPSA) is 75.0 Å². The molecule has 0 fully saturated rings. The highest BCUT2D eigenvalue weighted by molar-refractivity contribution is 6.09. The average Bonchev–Trinajstić information content (AvgIpc) is 2.87. The number of nitrogens with two attached hydrogens (primary N) is 1. The summed E-state index contributed by atoms with van der Waals surface area (Å²) in [5.41, 5.74) is 9.84. The summed E-state index contributed by atoms with van der Waals surface area (Å²) in [6, 6.07) is 8.19. The maximum absolute atomic E-state index is 12.9. The van der Waals surface area contributed by atoms with Crippen LogP contribution in [0.5, 0.6) is 0 Å². The van der Waals surface area contributed by atoms with Gasteiger partial charge in [-0.15, -0.1) is 0 Å². The molecule has 1 aromatic carbocycles. The minimum absolute atomic E-state index is 0.122. The van der Waals surface area contributed by atoms with Crippen LogP contribution >= 0.6 is 0 Å². The summed E-state index contributed by atoms with van der Waals surface area (Å²) >= 11 is 0. The molecule has 1 unspecified atom stereocenters. The fourth-order valence-corrected chi connectivity index (χ4v) is 2.93. The van der Waals surface area contributed by atoms with Gasteiger partial charge in [-0.1, -0.05) is 25.1 Å². The third-order valence-electron chi connectivity index (χ3n) is 4.18. The summed E-state index contributed by atoms with van der Waals surface area (Å²) in [7, 11) is 0. The van der Waals surface area contributed by atoms with E-state index in [1.54, 1.807) is 0 Å². The van der Waals surface area contributed by atoms with E-state index in [0.29, 0.717) is 11.4 Å². The van der Waals surface area contributed by atoms with Crippen LogP contribution < -0.4 is 10.6 Å². The van der Waals surface area contributed by atoms with Crippen LogP contribution in [-0.4, -0.2) is 22.1 Å². The molecule has 2 heterocycles. The number of amides is 1. The lowest BCUT2D eigenvalue weighted by molar-refractivity contribution is 0.0971. The van der Waals surface area contributed by atoms with Gasteiger partial charge < -0.3 is 10.6 Å². The highest BCUT2D eigenvalue weighted by Crippen LogP contribution is 2.32. The molecule has 0 saturated carbocycles. The number of H-pyrrole nitrogens is 1. The molecule has 1 aliphatic rings. The van der Waals surface area contributed by atoms with Gasteiger partial charge in [0.05, 0.1) is 11.4 Å². The number of rotatable bonds is 2. The van der Waals surface area contributed by atoms with Crippen molar-refractivity contribution < 1.29 is 4.79 Å². The molecule has 3 rings (SSSR count). The van der Waals surface area contributed by atoms with Crippen molar-refractivity contribution in [2.45, 2.75) is 39.2 Å². The van der Waals surface area contributed by atoms with Gasteiger partial charge in [0.2, 0.25) is 0 Å². The monoisotopic (exact) mass is 284 g/mol. The molecule has 1 atom stereocenters. The number of aryl methyl sites for hydroxylation is 2. The summed E-state index contributed by atoms with van der Waals surface area (Å²) in [5, 5.41) is 6.99. The molecule has 1 aliphatic heterocycles. The first-order chi connectivity index (χ1) is 10.1. The van der Waals surface area contributed by atoms with Gasteiger partial charge in [0.25, 0.3) is 5.91 Å². The molecule has 0 radical (unpaired) electrons. The smallest absolute Gasteiger partial charge is 0.281 e. The molecule has 5 nitrogen and oxygen atoms in total. The first kappa shape index (κ1) is 13.7. The quantitative estimate of drug-likeness (QED) is 0.890. The Kier molecular flexibility index (Phi) is 3.41. The summed E-state index contributed by atoms with van der Waals surface area (Å²) in [4.78, 5) is 14.7. The van der Waals surface area contributed by atoms with Gasteiger partial charge in [0, 0.05) is 11.7 Å². The number of benzene rings is 1. The van der Waals surface area contributed by atoms with Crippen LogP contribution in [0.2, 0.25) is 0 Å². The number of nitrogens with one attached hydrogen (secondary N) is 1. The zero-order chi connectivity index (χ0) is 15.0. The molecule has 1 aromatic heterocycles. The lowest BCUT2D eigenvalue weighted by Crippen LogP contribution is -2.42. The summed E-state index contributed by atoms with van der Waals surface area (Å²) in [6.45, 7) is 4.05. The Morgan fingerprint density at radius 3 is 2.95 bits per heavy atom. The van der Waals surface area contributed by atoms with Gasteiger partial charge in [0.15, 0.2) is 5.69 Å². The van der Waals surface area contributed by atoms with E-state index in [9.17, 15) is 4.79 Å². The first-order valence-corrected chi connectivity index (χ1v) is 7.37. The molecule has 5 heteroatoms. The van der Waals surface area contributed by atoms with Gasteiger partial charge in [-0.25, -0.2) is 0 Å². The Balaban J connectivity index is 2.02. The van der Waals surface area contributed by atoms with E-state index in [0.717, 1.165) is 30.6 Å². The number of anilines is 2. The molecule has 0 aliphatic carbocycles. The molecule has 3 N–H and O–H groups in total. The van der Waals surface area contributed by atoms with Gasteiger partial charge in [-0.2, -0.15) is 5.10 Å². The molecule has 0 saturated heterocycles. The van der Waals surface area contributed by atoms with Gasteiger partial charge in [-0.05, 0) is 37.8 Å². The van der Waals surface area contributed by atoms with E-state index >= 15 is 0 Å². The van der Waals surface area contributed by atoms with E-state index < -0.39 is 0 Å². The van der Waals surface area contributed by atoms with Crippen LogP contribution in [0.4, 0.5) is 11.4 Å². The second kappa shape index (κ2) is 5.24. The number of carbonyl (C=O) groups excluding carboxylic acids is 1. The molecule has 2 aromatic rings. The highest BCUT2D eigenvalue weighted by Gasteiger charge is 2.31. The minimum atomic E-state index is -0.122. The maximum Gasteiger partial charge on any atom is 0.281 e. The largest absolute Gasteiger partial charge is 0.395 e. The van der Waals surface area contributed by atoms with Crippen LogP contribution in [0.3, 0.4) is 0 Å². The third-order valence-corrected chi connectivity index (χ3v) is 4.18. The number of fused-ring (bicyclic) bond motifs is 1. The zero-order valence-corrected chi connectivity index (χ0v) is 12.4. The standard InChI is InChI=1S/C16H20N4O/c1-3-12-14(17)15(19-18-12)16(21)20-10(2)8-9-11-6-4-5-7-13(11)20/h4-7,10H,3,8-9,17H2,1-2H3,(H,18,19).